The van der Waals surface area contributed by atoms with Crippen molar-refractivity contribution in [3.63, 3.8) is 0 Å². The quantitative estimate of drug-likeness (QED) is 0.646. The molecular weight excluding hydrogens is 419 g/mol. The molecule has 0 radical (unpaired) electrons. The minimum Gasteiger partial charge on any atom is -0.345 e. The first kappa shape index (κ1) is 21.2. The summed E-state index contributed by atoms with van der Waals surface area (Å²) in [7, 11) is 0. The SMILES string of the molecule is Cc1ccsc1[C@H]1CN(C(=O)c2noc(-c3ccc(F)cc3)n2)[C@@H](CC(C)C)C(=O)N1. The summed E-state index contributed by atoms with van der Waals surface area (Å²) in [6.45, 7) is 6.32. The Labute approximate surface area is 183 Å². The van der Waals surface area contributed by atoms with E-state index >= 15 is 0 Å². The Morgan fingerprint density at radius 2 is 2.06 bits per heavy atom. The molecule has 1 fully saturated rings. The average Bonchev–Trinajstić information content (AvgIpc) is 3.38. The van der Waals surface area contributed by atoms with Gasteiger partial charge in [0, 0.05) is 17.0 Å². The van der Waals surface area contributed by atoms with Crippen LogP contribution in [0.4, 0.5) is 4.39 Å². The van der Waals surface area contributed by atoms with Gasteiger partial charge in [-0.1, -0.05) is 19.0 Å². The molecule has 1 aliphatic rings. The summed E-state index contributed by atoms with van der Waals surface area (Å²) < 4.78 is 18.4. The van der Waals surface area contributed by atoms with Crippen LogP contribution in [0.2, 0.25) is 0 Å². The van der Waals surface area contributed by atoms with Gasteiger partial charge in [-0.2, -0.15) is 4.98 Å². The fourth-order valence-corrected chi connectivity index (χ4v) is 4.69. The molecule has 2 amide bonds. The van der Waals surface area contributed by atoms with Gasteiger partial charge in [-0.3, -0.25) is 9.59 Å². The normalized spacial score (nSPS) is 19.0. The summed E-state index contributed by atoms with van der Waals surface area (Å²) in [6.07, 6.45) is 0.524. The maximum atomic E-state index is 13.3. The molecule has 31 heavy (non-hydrogen) atoms. The van der Waals surface area contributed by atoms with E-state index in [0.29, 0.717) is 18.5 Å². The van der Waals surface area contributed by atoms with Crippen molar-refractivity contribution in [2.45, 2.75) is 39.3 Å². The molecule has 2 atom stereocenters. The second-order valence-corrected chi connectivity index (χ2v) is 9.01. The fraction of sp³-hybridized carbons (Fsp3) is 0.364. The van der Waals surface area contributed by atoms with Crippen molar-refractivity contribution in [2.75, 3.05) is 6.54 Å². The van der Waals surface area contributed by atoms with Gasteiger partial charge in [-0.15, -0.1) is 11.3 Å². The van der Waals surface area contributed by atoms with Gasteiger partial charge in [0.15, 0.2) is 0 Å². The van der Waals surface area contributed by atoms with Crippen LogP contribution in [0.5, 0.6) is 0 Å². The molecule has 0 spiro atoms. The summed E-state index contributed by atoms with van der Waals surface area (Å²) in [5.74, 6) is -0.818. The van der Waals surface area contributed by atoms with Crippen LogP contribution in [0.1, 0.15) is 47.4 Å². The van der Waals surface area contributed by atoms with Crippen molar-refractivity contribution in [3.05, 3.63) is 57.8 Å². The van der Waals surface area contributed by atoms with Gasteiger partial charge in [-0.05, 0) is 60.5 Å². The number of nitrogens with zero attached hydrogens (tertiary/aromatic N) is 3. The Balaban J connectivity index is 1.63. The van der Waals surface area contributed by atoms with Crippen molar-refractivity contribution in [1.29, 1.82) is 0 Å². The van der Waals surface area contributed by atoms with Crippen LogP contribution < -0.4 is 5.32 Å². The molecule has 1 aliphatic heterocycles. The van der Waals surface area contributed by atoms with Gasteiger partial charge in [0.25, 0.3) is 17.6 Å². The topological polar surface area (TPSA) is 88.3 Å². The summed E-state index contributed by atoms with van der Waals surface area (Å²) in [5.41, 5.74) is 1.58. The predicted octanol–water partition coefficient (Wildman–Crippen LogP) is 3.97. The Morgan fingerprint density at radius 3 is 2.71 bits per heavy atom. The molecule has 1 N–H and O–H groups in total. The Kier molecular flexibility index (Phi) is 5.86. The highest BCUT2D eigenvalue weighted by molar-refractivity contribution is 7.10. The minimum absolute atomic E-state index is 0.121. The molecule has 1 saturated heterocycles. The van der Waals surface area contributed by atoms with Crippen molar-refractivity contribution in [1.82, 2.24) is 20.4 Å². The molecule has 3 aromatic rings. The number of nitrogens with one attached hydrogen (secondary N) is 1. The monoisotopic (exact) mass is 442 g/mol. The number of carbonyl (C=O) groups is 2. The van der Waals surface area contributed by atoms with E-state index in [9.17, 15) is 14.0 Å². The number of amides is 2. The third-order valence-corrected chi connectivity index (χ3v) is 6.39. The summed E-state index contributed by atoms with van der Waals surface area (Å²) in [4.78, 5) is 33.1. The van der Waals surface area contributed by atoms with E-state index in [0.717, 1.165) is 10.4 Å². The van der Waals surface area contributed by atoms with Crippen LogP contribution in [-0.2, 0) is 4.79 Å². The second kappa shape index (κ2) is 8.58. The third kappa shape index (κ3) is 4.36. The molecule has 3 heterocycles. The Morgan fingerprint density at radius 1 is 1.32 bits per heavy atom. The molecule has 162 valence electrons. The zero-order chi connectivity index (χ0) is 22.1. The smallest absolute Gasteiger partial charge is 0.296 e. The van der Waals surface area contributed by atoms with Gasteiger partial charge in [0.1, 0.15) is 11.9 Å². The van der Waals surface area contributed by atoms with Gasteiger partial charge in [-0.25, -0.2) is 4.39 Å². The molecule has 0 bridgehead atoms. The van der Waals surface area contributed by atoms with Gasteiger partial charge in [0.2, 0.25) is 5.91 Å². The molecule has 0 aliphatic carbocycles. The number of halogens is 1. The first-order valence-corrected chi connectivity index (χ1v) is 11.0. The van der Waals surface area contributed by atoms with Crippen molar-refractivity contribution in [2.24, 2.45) is 5.92 Å². The molecule has 7 nitrogen and oxygen atoms in total. The first-order valence-electron chi connectivity index (χ1n) is 10.1. The number of piperazine rings is 1. The lowest BCUT2D eigenvalue weighted by Gasteiger charge is -2.39. The van der Waals surface area contributed by atoms with E-state index in [-0.39, 0.29) is 35.4 Å². The number of carbonyl (C=O) groups excluding carboxylic acids is 2. The molecule has 9 heteroatoms. The van der Waals surface area contributed by atoms with E-state index in [1.54, 1.807) is 16.2 Å². The van der Waals surface area contributed by atoms with E-state index < -0.39 is 11.9 Å². The zero-order valence-electron chi connectivity index (χ0n) is 17.5. The molecular formula is C22H23FN4O3S. The van der Waals surface area contributed by atoms with Crippen molar-refractivity contribution >= 4 is 23.2 Å². The van der Waals surface area contributed by atoms with Crippen LogP contribution in [-0.4, -0.2) is 39.4 Å². The van der Waals surface area contributed by atoms with Crippen LogP contribution in [0.25, 0.3) is 11.5 Å². The van der Waals surface area contributed by atoms with E-state index in [1.165, 1.54) is 24.3 Å². The Bertz CT molecular complexity index is 1090. The highest BCUT2D eigenvalue weighted by Gasteiger charge is 2.40. The molecule has 0 saturated carbocycles. The number of aryl methyl sites for hydroxylation is 1. The summed E-state index contributed by atoms with van der Waals surface area (Å²) >= 11 is 1.55. The number of benzene rings is 1. The maximum Gasteiger partial charge on any atom is 0.296 e. The van der Waals surface area contributed by atoms with E-state index in [4.69, 9.17) is 4.52 Å². The predicted molar refractivity (Wildman–Crippen MR) is 114 cm³/mol. The molecule has 4 rings (SSSR count). The highest BCUT2D eigenvalue weighted by Crippen LogP contribution is 2.30. The number of hydrogen-bond acceptors (Lipinski definition) is 6. The van der Waals surface area contributed by atoms with E-state index in [1.807, 2.05) is 32.2 Å². The minimum atomic E-state index is -0.614. The van der Waals surface area contributed by atoms with Gasteiger partial charge >= 0.3 is 0 Å². The third-order valence-electron chi connectivity index (χ3n) is 5.26. The van der Waals surface area contributed by atoms with Crippen LogP contribution in [0.3, 0.4) is 0 Å². The molecule has 1 aromatic carbocycles. The number of aromatic nitrogens is 2. The van der Waals surface area contributed by atoms with Crippen molar-refractivity contribution < 1.29 is 18.5 Å². The molecule has 2 aromatic heterocycles. The average molecular weight is 443 g/mol. The standard InChI is InChI=1S/C22H23FN4O3S/c1-12(2)10-17-20(28)24-16(18-13(3)8-9-31-18)11-27(17)22(29)19-25-21(30-26-19)14-4-6-15(23)7-5-14/h4-9,12,16-17H,10-11H2,1-3H3,(H,24,28)/t16-,17+/m1/s1. The lowest BCUT2D eigenvalue weighted by molar-refractivity contribution is -0.130. The summed E-state index contributed by atoms with van der Waals surface area (Å²) in [5, 5.41) is 8.87. The largest absolute Gasteiger partial charge is 0.345 e. The van der Waals surface area contributed by atoms with E-state index in [2.05, 4.69) is 15.5 Å². The maximum absolute atomic E-state index is 13.3. The first-order chi connectivity index (χ1) is 14.8. The van der Waals surface area contributed by atoms with Crippen LogP contribution in [0, 0.1) is 18.7 Å². The zero-order valence-corrected chi connectivity index (χ0v) is 18.3. The lowest BCUT2D eigenvalue weighted by atomic mass is 9.97. The number of hydrogen-bond donors (Lipinski definition) is 1. The number of rotatable bonds is 5. The lowest BCUT2D eigenvalue weighted by Crippen LogP contribution is -2.58. The van der Waals surface area contributed by atoms with Gasteiger partial charge in [0.05, 0.1) is 6.04 Å². The van der Waals surface area contributed by atoms with Gasteiger partial charge < -0.3 is 14.7 Å². The fourth-order valence-electron chi connectivity index (χ4n) is 3.72. The second-order valence-electron chi connectivity index (χ2n) is 8.06. The molecule has 0 unspecified atom stereocenters. The van der Waals surface area contributed by atoms with Crippen LogP contribution in [0.15, 0.2) is 40.2 Å². The van der Waals surface area contributed by atoms with Crippen LogP contribution >= 0.6 is 11.3 Å². The number of thiophene rings is 1. The summed E-state index contributed by atoms with van der Waals surface area (Å²) in [6, 6.07) is 6.66. The Hall–Kier alpha value is -3.07. The highest BCUT2D eigenvalue weighted by atomic mass is 32.1. The van der Waals surface area contributed by atoms with Crippen molar-refractivity contribution in [3.8, 4) is 11.5 Å².